The normalized spacial score (nSPS) is 14.5. The van der Waals surface area contributed by atoms with Crippen molar-refractivity contribution in [2.75, 3.05) is 0 Å². The zero-order chi connectivity index (χ0) is 27.3. The molecule has 4 rings (SSSR count). The minimum atomic E-state index is -6.02. The van der Waals surface area contributed by atoms with Gasteiger partial charge in [0.2, 0.25) is 0 Å². The zero-order valence-electron chi connectivity index (χ0n) is 20.5. The molecule has 0 spiro atoms. The van der Waals surface area contributed by atoms with Crippen LogP contribution in [0.2, 0.25) is 0 Å². The van der Waals surface area contributed by atoms with Gasteiger partial charge in [-0.05, 0) is 75.2 Å². The van der Waals surface area contributed by atoms with Crippen molar-refractivity contribution < 1.29 is 35.3 Å². The van der Waals surface area contributed by atoms with Crippen LogP contribution in [0.25, 0.3) is 16.5 Å². The van der Waals surface area contributed by atoms with Crippen molar-refractivity contribution in [1.29, 1.82) is 0 Å². The summed E-state index contributed by atoms with van der Waals surface area (Å²) in [5.41, 5.74) is -5.20. The van der Waals surface area contributed by atoms with Crippen LogP contribution in [-0.4, -0.2) is 30.2 Å². The standard InChI is InChI=1S/C25H25F3N2O6S/c1-14(29-23(32)35-24(2,3)4)21-17-12-10-15-11-13-18(36-37(33,34)25(26,27)28)20(19(15)17)22(31)30(21)16-8-6-5-7-9-16/h5-9,11,13-14H,10,12H2,1-4H3,(H,29,32). The average Bonchev–Trinajstić information content (AvgIpc) is 3.19. The number of halogens is 3. The van der Waals surface area contributed by atoms with Crippen LogP contribution in [0.1, 0.15) is 50.6 Å². The Balaban J connectivity index is 1.99. The first-order valence-electron chi connectivity index (χ1n) is 11.4. The van der Waals surface area contributed by atoms with Crippen molar-refractivity contribution in [3.8, 4) is 11.4 Å². The Morgan fingerprint density at radius 3 is 2.27 bits per heavy atom. The maximum Gasteiger partial charge on any atom is 0.534 e. The van der Waals surface area contributed by atoms with Gasteiger partial charge in [0, 0.05) is 5.69 Å². The van der Waals surface area contributed by atoms with E-state index < -0.39 is 44.7 Å². The van der Waals surface area contributed by atoms with Gasteiger partial charge in [0.15, 0.2) is 5.75 Å². The lowest BCUT2D eigenvalue weighted by molar-refractivity contribution is -0.0499. The molecule has 1 amide bonds. The van der Waals surface area contributed by atoms with Gasteiger partial charge in [-0.15, -0.1) is 0 Å². The van der Waals surface area contributed by atoms with Gasteiger partial charge in [-0.3, -0.25) is 9.36 Å². The predicted octanol–water partition coefficient (Wildman–Crippen LogP) is 4.90. The number of aryl methyl sites for hydroxylation is 2. The quantitative estimate of drug-likeness (QED) is 0.366. The van der Waals surface area contributed by atoms with Crippen LogP contribution in [0, 0.1) is 0 Å². The third kappa shape index (κ3) is 5.02. The average molecular weight is 539 g/mol. The molecule has 12 heteroatoms. The molecule has 0 aliphatic heterocycles. The first-order valence-corrected chi connectivity index (χ1v) is 12.8. The van der Waals surface area contributed by atoms with E-state index in [1.165, 1.54) is 10.6 Å². The highest BCUT2D eigenvalue weighted by molar-refractivity contribution is 7.88. The smallest absolute Gasteiger partial charge is 0.444 e. The molecule has 1 unspecified atom stereocenters. The Kier molecular flexibility index (Phi) is 6.51. The van der Waals surface area contributed by atoms with Gasteiger partial charge in [-0.25, -0.2) is 4.79 Å². The molecule has 2 aromatic carbocycles. The second kappa shape index (κ2) is 9.09. The Hall–Kier alpha value is -3.54. The Morgan fingerprint density at radius 2 is 1.68 bits per heavy atom. The van der Waals surface area contributed by atoms with Crippen LogP contribution in [0.15, 0.2) is 47.3 Å². The van der Waals surface area contributed by atoms with Gasteiger partial charge in [0.25, 0.3) is 5.56 Å². The van der Waals surface area contributed by atoms with Gasteiger partial charge in [0.1, 0.15) is 5.60 Å². The van der Waals surface area contributed by atoms with Crippen LogP contribution in [0.5, 0.6) is 5.75 Å². The van der Waals surface area contributed by atoms with E-state index >= 15 is 0 Å². The molecule has 1 aromatic heterocycles. The number of alkyl carbamates (subject to hydrolysis) is 1. The van der Waals surface area contributed by atoms with Gasteiger partial charge >= 0.3 is 21.7 Å². The summed E-state index contributed by atoms with van der Waals surface area (Å²) in [6.07, 6.45) is 0.151. The summed E-state index contributed by atoms with van der Waals surface area (Å²) in [5, 5.41) is 2.77. The van der Waals surface area contributed by atoms with Crippen molar-refractivity contribution in [2.24, 2.45) is 0 Å². The third-order valence-electron chi connectivity index (χ3n) is 5.81. The summed E-state index contributed by atoms with van der Waals surface area (Å²) in [7, 11) is -6.02. The molecule has 0 saturated heterocycles. The van der Waals surface area contributed by atoms with E-state index in [1.54, 1.807) is 58.0 Å². The molecule has 0 fully saturated rings. The van der Waals surface area contributed by atoms with Crippen LogP contribution in [-0.2, 0) is 27.7 Å². The highest BCUT2D eigenvalue weighted by atomic mass is 32.2. The maximum atomic E-state index is 13.9. The van der Waals surface area contributed by atoms with Crippen LogP contribution in [0.4, 0.5) is 18.0 Å². The highest BCUT2D eigenvalue weighted by Crippen LogP contribution is 2.40. The fourth-order valence-electron chi connectivity index (χ4n) is 4.47. The molecule has 0 radical (unpaired) electrons. The van der Waals surface area contributed by atoms with Gasteiger partial charge in [-0.2, -0.15) is 21.6 Å². The van der Waals surface area contributed by atoms with Crippen molar-refractivity contribution in [3.05, 3.63) is 69.6 Å². The summed E-state index contributed by atoms with van der Waals surface area (Å²) in [6.45, 7) is 6.77. The van der Waals surface area contributed by atoms with Crippen molar-refractivity contribution in [1.82, 2.24) is 9.88 Å². The Morgan fingerprint density at radius 1 is 1.03 bits per heavy atom. The topological polar surface area (TPSA) is 104 Å². The number of rotatable bonds is 5. The molecule has 0 bridgehead atoms. The lowest BCUT2D eigenvalue weighted by Crippen LogP contribution is -2.37. The third-order valence-corrected chi connectivity index (χ3v) is 6.77. The first kappa shape index (κ1) is 26.5. The monoisotopic (exact) mass is 538 g/mol. The number of hydrogen-bond acceptors (Lipinski definition) is 6. The van der Waals surface area contributed by atoms with Crippen LogP contribution in [0.3, 0.4) is 0 Å². The largest absolute Gasteiger partial charge is 0.534 e. The fourth-order valence-corrected chi connectivity index (χ4v) is 4.93. The van der Waals surface area contributed by atoms with E-state index in [4.69, 9.17) is 4.74 Å². The maximum absolute atomic E-state index is 13.9. The van der Waals surface area contributed by atoms with E-state index in [9.17, 15) is 31.2 Å². The molecule has 1 aliphatic rings. The second-order valence-electron chi connectivity index (χ2n) is 9.66. The number of para-hydroxylation sites is 1. The van der Waals surface area contributed by atoms with Crippen LogP contribution < -0.4 is 15.1 Å². The molecular formula is C25H25F3N2O6S. The summed E-state index contributed by atoms with van der Waals surface area (Å²) in [5.74, 6) is -0.715. The number of carbonyl (C=O) groups is 1. The summed E-state index contributed by atoms with van der Waals surface area (Å²) in [6, 6.07) is 10.1. The number of amides is 1. The number of hydrogen-bond donors (Lipinski definition) is 1. The number of aromatic nitrogens is 1. The Labute approximate surface area is 211 Å². The molecule has 8 nitrogen and oxygen atoms in total. The SMILES string of the molecule is CC(NC(=O)OC(C)(C)C)c1c2c3c(ccc(OS(=O)(=O)C(F)(F)F)c3c(=O)n1-c1ccccc1)CC2. The molecule has 1 aliphatic carbocycles. The van der Waals surface area contributed by atoms with Crippen molar-refractivity contribution >= 4 is 27.0 Å². The minimum absolute atomic E-state index is 0.283. The van der Waals surface area contributed by atoms with Gasteiger partial charge < -0.3 is 14.2 Å². The van der Waals surface area contributed by atoms with E-state index in [-0.39, 0.29) is 5.39 Å². The molecule has 37 heavy (non-hydrogen) atoms. The number of benzene rings is 2. The number of carbonyl (C=O) groups excluding carboxylic acids is 1. The summed E-state index contributed by atoms with van der Waals surface area (Å²) in [4.78, 5) is 26.5. The van der Waals surface area contributed by atoms with E-state index in [2.05, 4.69) is 9.50 Å². The molecule has 1 atom stereocenters. The number of nitrogens with zero attached hydrogens (tertiary/aromatic N) is 1. The molecule has 1 N–H and O–H groups in total. The number of ether oxygens (including phenoxy) is 1. The van der Waals surface area contributed by atoms with E-state index in [0.717, 1.165) is 6.07 Å². The van der Waals surface area contributed by atoms with E-state index in [1.807, 2.05) is 0 Å². The molecule has 3 aromatic rings. The minimum Gasteiger partial charge on any atom is -0.444 e. The fraction of sp³-hybridized carbons (Fsp3) is 0.360. The lowest BCUT2D eigenvalue weighted by Gasteiger charge is -2.26. The zero-order valence-corrected chi connectivity index (χ0v) is 21.3. The number of pyridine rings is 1. The van der Waals surface area contributed by atoms with Gasteiger partial charge in [0.05, 0.1) is 17.1 Å². The molecule has 1 heterocycles. The van der Waals surface area contributed by atoms with Crippen LogP contribution >= 0.6 is 0 Å². The molecular weight excluding hydrogens is 513 g/mol. The second-order valence-corrected chi connectivity index (χ2v) is 11.2. The number of alkyl halides is 3. The highest BCUT2D eigenvalue weighted by Gasteiger charge is 2.49. The lowest BCUT2D eigenvalue weighted by atomic mass is 10.00. The van der Waals surface area contributed by atoms with Crippen molar-refractivity contribution in [3.63, 3.8) is 0 Å². The van der Waals surface area contributed by atoms with E-state index in [0.29, 0.717) is 40.7 Å². The molecule has 0 saturated carbocycles. The predicted molar refractivity (Wildman–Crippen MR) is 130 cm³/mol. The van der Waals surface area contributed by atoms with Crippen molar-refractivity contribution in [2.45, 2.75) is 57.7 Å². The Bertz CT molecular complexity index is 1540. The summed E-state index contributed by atoms with van der Waals surface area (Å²) < 4.78 is 74.0. The van der Waals surface area contributed by atoms with Gasteiger partial charge in [-0.1, -0.05) is 24.3 Å². The summed E-state index contributed by atoms with van der Waals surface area (Å²) >= 11 is 0. The first-order chi connectivity index (χ1) is 17.1. The number of nitrogens with one attached hydrogen (secondary N) is 1. The molecule has 198 valence electrons.